The van der Waals surface area contributed by atoms with Gasteiger partial charge in [0.15, 0.2) is 5.17 Å². The molecule has 0 spiro atoms. The molecule has 1 fully saturated rings. The Labute approximate surface area is 208 Å². The Balaban J connectivity index is 1.20. The smallest absolute Gasteiger partial charge is 0.286 e. The lowest BCUT2D eigenvalue weighted by Crippen LogP contribution is -2.37. The number of amides is 1. The number of sulfonamides is 1. The third kappa shape index (κ3) is 5.58. The summed E-state index contributed by atoms with van der Waals surface area (Å²) in [5, 5.41) is 5.90. The van der Waals surface area contributed by atoms with Gasteiger partial charge in [-0.2, -0.15) is 4.99 Å². The van der Waals surface area contributed by atoms with Gasteiger partial charge in [0.05, 0.1) is 9.80 Å². The van der Waals surface area contributed by atoms with Crippen molar-refractivity contribution in [1.29, 1.82) is 0 Å². The maximum Gasteiger partial charge on any atom is 0.286 e. The topological polar surface area (TPSA) is 106 Å². The minimum absolute atomic E-state index is 0.0388. The third-order valence-corrected chi connectivity index (χ3v) is 8.20. The van der Waals surface area contributed by atoms with Crippen LogP contribution in [-0.2, 0) is 21.2 Å². The second-order valence-corrected chi connectivity index (χ2v) is 11.3. The maximum atomic E-state index is 12.5. The fourth-order valence-corrected chi connectivity index (χ4v) is 5.79. The first-order chi connectivity index (χ1) is 16.8. The summed E-state index contributed by atoms with van der Waals surface area (Å²) in [7, 11) is -3.75. The number of benzene rings is 2. The summed E-state index contributed by atoms with van der Waals surface area (Å²) in [4.78, 5) is 19.6. The predicted octanol–water partition coefficient (Wildman–Crippen LogP) is 4.52. The van der Waals surface area contributed by atoms with Crippen LogP contribution in [0, 0.1) is 5.92 Å². The summed E-state index contributed by atoms with van der Waals surface area (Å²) in [6.45, 7) is 1.78. The van der Waals surface area contributed by atoms with Gasteiger partial charge in [0, 0.05) is 24.7 Å². The largest absolute Gasteiger partial charge is 0.457 e. The molecule has 1 aromatic heterocycles. The van der Waals surface area contributed by atoms with Crippen LogP contribution in [-0.4, -0.2) is 37.5 Å². The summed E-state index contributed by atoms with van der Waals surface area (Å²) < 4.78 is 28.7. The standard InChI is InChI=1S/C26H25N3O4S2/c27-35(31,32)22-9-6-20(7-10-22)23-11-8-21(33-23)17-24-25(30)28-26(34-24)29-14-12-19(13-15-29)16-18-4-2-1-3-5-18/h1-11,17,19H,12-16H2,(H2,27,31,32). The number of carbonyl (C=O) groups is 1. The Morgan fingerprint density at radius 2 is 1.74 bits per heavy atom. The number of rotatable bonds is 5. The van der Waals surface area contributed by atoms with E-state index < -0.39 is 10.0 Å². The molecule has 9 heteroatoms. The molecule has 2 aliphatic heterocycles. The molecule has 0 atom stereocenters. The first-order valence-corrected chi connectivity index (χ1v) is 13.8. The number of nitrogens with two attached hydrogens (primary N) is 1. The quantitative estimate of drug-likeness (QED) is 0.509. The number of hydrogen-bond donors (Lipinski definition) is 1. The van der Waals surface area contributed by atoms with Gasteiger partial charge in [-0.1, -0.05) is 30.3 Å². The van der Waals surface area contributed by atoms with Gasteiger partial charge in [-0.25, -0.2) is 13.6 Å². The fourth-order valence-electron chi connectivity index (χ4n) is 4.33. The van der Waals surface area contributed by atoms with Crippen LogP contribution >= 0.6 is 11.8 Å². The maximum absolute atomic E-state index is 12.5. The first kappa shape index (κ1) is 23.6. The molecular formula is C26H25N3O4S2. The average molecular weight is 508 g/mol. The van der Waals surface area contributed by atoms with Gasteiger partial charge in [-0.15, -0.1) is 0 Å². The minimum atomic E-state index is -3.75. The Hall–Kier alpha value is -3.14. The van der Waals surface area contributed by atoms with Crippen LogP contribution in [0.4, 0.5) is 0 Å². The minimum Gasteiger partial charge on any atom is -0.457 e. The highest BCUT2D eigenvalue weighted by molar-refractivity contribution is 8.18. The van der Waals surface area contributed by atoms with Crippen molar-refractivity contribution >= 4 is 38.9 Å². The summed E-state index contributed by atoms with van der Waals surface area (Å²) in [5.74, 6) is 1.48. The number of carbonyl (C=O) groups excluding carboxylic acids is 1. The van der Waals surface area contributed by atoms with E-state index in [-0.39, 0.29) is 10.8 Å². The van der Waals surface area contributed by atoms with E-state index in [1.165, 1.54) is 29.5 Å². The van der Waals surface area contributed by atoms with Crippen LogP contribution in [0.1, 0.15) is 24.2 Å². The summed E-state index contributed by atoms with van der Waals surface area (Å²) >= 11 is 1.38. The van der Waals surface area contributed by atoms with Gasteiger partial charge in [0.1, 0.15) is 11.5 Å². The molecule has 2 aromatic carbocycles. The normalized spacial score (nSPS) is 18.3. The molecule has 0 bridgehead atoms. The Bertz CT molecular complexity index is 1390. The number of hydrogen-bond acceptors (Lipinski definition) is 6. The van der Waals surface area contributed by atoms with Crippen LogP contribution in [0.3, 0.4) is 0 Å². The second-order valence-electron chi connectivity index (χ2n) is 8.70. The van der Waals surface area contributed by atoms with E-state index in [1.807, 2.05) is 6.07 Å². The van der Waals surface area contributed by atoms with E-state index in [0.29, 0.717) is 27.9 Å². The van der Waals surface area contributed by atoms with E-state index in [4.69, 9.17) is 9.56 Å². The van der Waals surface area contributed by atoms with Crippen molar-refractivity contribution < 1.29 is 17.6 Å². The Morgan fingerprint density at radius 1 is 1.03 bits per heavy atom. The molecule has 5 rings (SSSR count). The number of amidine groups is 1. The Kier molecular flexibility index (Phi) is 6.64. The zero-order valence-electron chi connectivity index (χ0n) is 19.0. The van der Waals surface area contributed by atoms with Crippen molar-refractivity contribution in [2.75, 3.05) is 13.1 Å². The van der Waals surface area contributed by atoms with E-state index in [1.54, 1.807) is 30.3 Å². The lowest BCUT2D eigenvalue weighted by Gasteiger charge is -2.32. The van der Waals surface area contributed by atoms with Crippen molar-refractivity contribution in [1.82, 2.24) is 4.90 Å². The highest BCUT2D eigenvalue weighted by atomic mass is 32.2. The molecule has 0 saturated carbocycles. The molecule has 2 N–H and O–H groups in total. The SMILES string of the molecule is NS(=O)(=O)c1ccc(-c2ccc(C=C3SC(N4CCC(Cc5ccccc5)CC4)=NC3=O)o2)cc1. The van der Waals surface area contributed by atoms with Crippen molar-refractivity contribution in [2.45, 2.75) is 24.2 Å². The average Bonchev–Trinajstić information content (AvgIpc) is 3.47. The van der Waals surface area contributed by atoms with Gasteiger partial charge >= 0.3 is 0 Å². The van der Waals surface area contributed by atoms with Gasteiger partial charge in [-0.3, -0.25) is 4.79 Å². The van der Waals surface area contributed by atoms with Gasteiger partial charge < -0.3 is 9.32 Å². The van der Waals surface area contributed by atoms with Gasteiger partial charge in [-0.05, 0) is 78.9 Å². The lowest BCUT2D eigenvalue weighted by atomic mass is 9.90. The zero-order chi connectivity index (χ0) is 24.4. The van der Waals surface area contributed by atoms with Crippen molar-refractivity contribution in [2.24, 2.45) is 16.0 Å². The lowest BCUT2D eigenvalue weighted by molar-refractivity contribution is -0.113. The molecule has 7 nitrogen and oxygen atoms in total. The van der Waals surface area contributed by atoms with Crippen molar-refractivity contribution in [3.05, 3.63) is 83.0 Å². The Morgan fingerprint density at radius 3 is 2.43 bits per heavy atom. The number of nitrogens with zero attached hydrogens (tertiary/aromatic N) is 2. The summed E-state index contributed by atoms with van der Waals surface area (Å²) in [6, 6.07) is 20.3. The van der Waals surface area contributed by atoms with Crippen LogP contribution in [0.5, 0.6) is 0 Å². The number of furan rings is 1. The van der Waals surface area contributed by atoms with Crippen LogP contribution < -0.4 is 5.14 Å². The zero-order valence-corrected chi connectivity index (χ0v) is 20.6. The van der Waals surface area contributed by atoms with Crippen LogP contribution in [0.2, 0.25) is 0 Å². The third-order valence-electron chi connectivity index (χ3n) is 6.23. The number of thioether (sulfide) groups is 1. The number of piperidine rings is 1. The molecule has 180 valence electrons. The van der Waals surface area contributed by atoms with Crippen LogP contribution in [0.15, 0.2) is 85.9 Å². The highest BCUT2D eigenvalue weighted by Gasteiger charge is 2.29. The van der Waals surface area contributed by atoms with E-state index in [9.17, 15) is 13.2 Å². The molecule has 2 aliphatic rings. The van der Waals surface area contributed by atoms with E-state index in [2.05, 4.69) is 34.2 Å². The molecular weight excluding hydrogens is 482 g/mol. The second kappa shape index (κ2) is 9.85. The molecule has 0 radical (unpaired) electrons. The number of likely N-dealkylation sites (tertiary alicyclic amines) is 1. The highest BCUT2D eigenvalue weighted by Crippen LogP contribution is 2.34. The van der Waals surface area contributed by atoms with Gasteiger partial charge in [0.2, 0.25) is 10.0 Å². The fraction of sp³-hybridized carbons (Fsp3) is 0.231. The molecule has 3 aromatic rings. The van der Waals surface area contributed by atoms with Crippen molar-refractivity contribution in [3.63, 3.8) is 0 Å². The summed E-state index contributed by atoms with van der Waals surface area (Å²) in [6.07, 6.45) is 4.94. The van der Waals surface area contributed by atoms with E-state index >= 15 is 0 Å². The molecule has 35 heavy (non-hydrogen) atoms. The molecule has 0 aliphatic carbocycles. The number of primary sulfonamides is 1. The molecule has 0 unspecified atom stereocenters. The summed E-state index contributed by atoms with van der Waals surface area (Å²) in [5.41, 5.74) is 2.08. The molecule has 1 saturated heterocycles. The van der Waals surface area contributed by atoms with Gasteiger partial charge in [0.25, 0.3) is 5.91 Å². The first-order valence-electron chi connectivity index (χ1n) is 11.4. The monoisotopic (exact) mass is 507 g/mol. The predicted molar refractivity (Wildman–Crippen MR) is 138 cm³/mol. The molecule has 3 heterocycles. The van der Waals surface area contributed by atoms with Crippen molar-refractivity contribution in [3.8, 4) is 11.3 Å². The number of aliphatic imine (C=N–C) groups is 1. The van der Waals surface area contributed by atoms with Crippen LogP contribution in [0.25, 0.3) is 17.4 Å². The van der Waals surface area contributed by atoms with E-state index in [0.717, 1.165) is 37.5 Å². The molecule has 1 amide bonds.